The third-order valence-corrected chi connectivity index (χ3v) is 2.26. The molecule has 1 fully saturated rings. The van der Waals surface area contributed by atoms with Crippen molar-refractivity contribution in [2.75, 3.05) is 6.54 Å². The van der Waals surface area contributed by atoms with E-state index in [9.17, 15) is 4.39 Å². The lowest BCUT2D eigenvalue weighted by molar-refractivity contribution is 0.627. The second-order valence-corrected chi connectivity index (χ2v) is 3.64. The molecular weight excluding hydrogens is 177 g/mol. The van der Waals surface area contributed by atoms with Crippen molar-refractivity contribution in [3.63, 3.8) is 0 Å². The highest BCUT2D eigenvalue weighted by atomic mass is 19.1. The molecule has 0 aromatic heterocycles. The molecule has 14 heavy (non-hydrogen) atoms. The highest BCUT2D eigenvalue weighted by Gasteiger charge is 2.18. The number of hydrogen-bond donors (Lipinski definition) is 1. The number of rotatable bonds is 4. The van der Waals surface area contributed by atoms with Gasteiger partial charge in [-0.1, -0.05) is 24.3 Å². The van der Waals surface area contributed by atoms with Crippen LogP contribution in [0.4, 0.5) is 4.39 Å². The van der Waals surface area contributed by atoms with Crippen LogP contribution in [-0.2, 0) is 0 Å². The van der Waals surface area contributed by atoms with Crippen molar-refractivity contribution >= 4 is 6.08 Å². The van der Waals surface area contributed by atoms with Gasteiger partial charge in [-0.15, -0.1) is 0 Å². The molecule has 1 aliphatic carbocycles. The van der Waals surface area contributed by atoms with E-state index in [4.69, 9.17) is 0 Å². The summed E-state index contributed by atoms with van der Waals surface area (Å²) in [6.45, 7) is 0.876. The summed E-state index contributed by atoms with van der Waals surface area (Å²) in [5.74, 6) is -0.178. The van der Waals surface area contributed by atoms with Gasteiger partial charge in [0.2, 0.25) is 0 Å². The normalized spacial score (nSPS) is 16.4. The summed E-state index contributed by atoms with van der Waals surface area (Å²) in [5, 5.41) is 3.36. The number of halogens is 1. The molecule has 1 saturated carbocycles. The van der Waals surface area contributed by atoms with Gasteiger partial charge in [0.05, 0.1) is 0 Å². The fourth-order valence-electron chi connectivity index (χ4n) is 1.33. The standard InChI is InChI=1S/C12H14FN/c13-11-5-1-3-10(9-11)4-2-8-14-12-6-7-12/h1-5,9,12,14H,6-8H2. The van der Waals surface area contributed by atoms with Gasteiger partial charge in [0.1, 0.15) is 5.82 Å². The molecular formula is C12H14FN. The molecule has 0 aliphatic heterocycles. The molecule has 74 valence electrons. The maximum atomic E-state index is 12.8. The maximum Gasteiger partial charge on any atom is 0.123 e. The lowest BCUT2D eigenvalue weighted by Crippen LogP contribution is -2.15. The van der Waals surface area contributed by atoms with Crippen LogP contribution in [0.1, 0.15) is 18.4 Å². The van der Waals surface area contributed by atoms with Gasteiger partial charge in [-0.05, 0) is 30.5 Å². The summed E-state index contributed by atoms with van der Waals surface area (Å²) >= 11 is 0. The Balaban J connectivity index is 1.82. The molecule has 1 aromatic rings. The topological polar surface area (TPSA) is 12.0 Å². The van der Waals surface area contributed by atoms with E-state index in [0.717, 1.165) is 18.2 Å². The average molecular weight is 191 g/mol. The van der Waals surface area contributed by atoms with Crippen LogP contribution in [0.5, 0.6) is 0 Å². The molecule has 0 atom stereocenters. The van der Waals surface area contributed by atoms with Crippen LogP contribution in [0.15, 0.2) is 30.3 Å². The average Bonchev–Trinajstić information content (AvgIpc) is 2.96. The molecule has 0 spiro atoms. The van der Waals surface area contributed by atoms with Gasteiger partial charge in [0.25, 0.3) is 0 Å². The minimum Gasteiger partial charge on any atom is -0.311 e. The van der Waals surface area contributed by atoms with Crippen molar-refractivity contribution in [1.29, 1.82) is 0 Å². The smallest absolute Gasteiger partial charge is 0.123 e. The van der Waals surface area contributed by atoms with Crippen molar-refractivity contribution < 1.29 is 4.39 Å². The van der Waals surface area contributed by atoms with E-state index in [-0.39, 0.29) is 5.82 Å². The minimum absolute atomic E-state index is 0.178. The van der Waals surface area contributed by atoms with Gasteiger partial charge in [0.15, 0.2) is 0 Å². The third kappa shape index (κ3) is 2.96. The first-order chi connectivity index (χ1) is 6.84. The van der Waals surface area contributed by atoms with Gasteiger partial charge >= 0.3 is 0 Å². The maximum absolute atomic E-state index is 12.8. The Labute approximate surface area is 83.6 Å². The zero-order chi connectivity index (χ0) is 9.80. The summed E-state index contributed by atoms with van der Waals surface area (Å²) in [5.41, 5.74) is 0.919. The van der Waals surface area contributed by atoms with E-state index >= 15 is 0 Å². The number of benzene rings is 1. The van der Waals surface area contributed by atoms with E-state index in [1.54, 1.807) is 6.07 Å². The first kappa shape index (κ1) is 9.41. The van der Waals surface area contributed by atoms with Gasteiger partial charge in [0, 0.05) is 12.6 Å². The predicted octanol–water partition coefficient (Wildman–Crippen LogP) is 2.59. The highest BCUT2D eigenvalue weighted by Crippen LogP contribution is 2.18. The minimum atomic E-state index is -0.178. The molecule has 0 bridgehead atoms. The summed E-state index contributed by atoms with van der Waals surface area (Å²) in [6, 6.07) is 7.35. The molecule has 1 N–H and O–H groups in total. The van der Waals surface area contributed by atoms with Crippen molar-refractivity contribution in [2.24, 2.45) is 0 Å². The second-order valence-electron chi connectivity index (χ2n) is 3.64. The van der Waals surface area contributed by atoms with Crippen LogP contribution in [0.3, 0.4) is 0 Å². The van der Waals surface area contributed by atoms with Gasteiger partial charge < -0.3 is 5.32 Å². The molecule has 1 aliphatic rings. The van der Waals surface area contributed by atoms with Crippen LogP contribution in [-0.4, -0.2) is 12.6 Å². The Hall–Kier alpha value is -1.15. The number of nitrogens with one attached hydrogen (secondary N) is 1. The van der Waals surface area contributed by atoms with Crippen molar-refractivity contribution in [3.8, 4) is 0 Å². The van der Waals surface area contributed by atoms with Crippen molar-refractivity contribution in [2.45, 2.75) is 18.9 Å². The molecule has 1 nitrogen and oxygen atoms in total. The lowest BCUT2D eigenvalue weighted by atomic mass is 10.2. The Morgan fingerprint density at radius 2 is 2.29 bits per heavy atom. The zero-order valence-electron chi connectivity index (χ0n) is 8.04. The van der Waals surface area contributed by atoms with E-state index < -0.39 is 0 Å². The largest absolute Gasteiger partial charge is 0.311 e. The predicted molar refractivity (Wildman–Crippen MR) is 56.5 cm³/mol. The van der Waals surface area contributed by atoms with Gasteiger partial charge in [-0.25, -0.2) is 4.39 Å². The summed E-state index contributed by atoms with van der Waals surface area (Å²) in [4.78, 5) is 0. The van der Waals surface area contributed by atoms with Crippen LogP contribution in [0, 0.1) is 5.82 Å². The fourth-order valence-corrected chi connectivity index (χ4v) is 1.33. The Morgan fingerprint density at radius 1 is 1.43 bits per heavy atom. The molecule has 0 radical (unpaired) electrons. The molecule has 0 saturated heterocycles. The summed E-state index contributed by atoms with van der Waals surface area (Å²) in [6.07, 6.45) is 6.58. The SMILES string of the molecule is Fc1cccc(C=CCNC2CC2)c1. The molecule has 1 aromatic carbocycles. The van der Waals surface area contributed by atoms with Crippen molar-refractivity contribution in [1.82, 2.24) is 5.32 Å². The van der Waals surface area contributed by atoms with E-state index in [1.807, 2.05) is 18.2 Å². The van der Waals surface area contributed by atoms with Crippen LogP contribution < -0.4 is 5.32 Å². The second kappa shape index (κ2) is 4.38. The van der Waals surface area contributed by atoms with Crippen LogP contribution >= 0.6 is 0 Å². The molecule has 0 heterocycles. The number of hydrogen-bond acceptors (Lipinski definition) is 1. The summed E-state index contributed by atoms with van der Waals surface area (Å²) in [7, 11) is 0. The zero-order valence-corrected chi connectivity index (χ0v) is 8.04. The van der Waals surface area contributed by atoms with Crippen LogP contribution in [0.25, 0.3) is 6.08 Å². The molecule has 2 heteroatoms. The van der Waals surface area contributed by atoms with Crippen molar-refractivity contribution in [3.05, 3.63) is 41.7 Å². The van der Waals surface area contributed by atoms with Crippen LogP contribution in [0.2, 0.25) is 0 Å². The molecule has 2 rings (SSSR count). The fraction of sp³-hybridized carbons (Fsp3) is 0.333. The Bertz CT molecular complexity index is 329. The molecule has 0 unspecified atom stereocenters. The van der Waals surface area contributed by atoms with E-state index in [0.29, 0.717) is 0 Å². The van der Waals surface area contributed by atoms with E-state index in [2.05, 4.69) is 5.32 Å². The first-order valence-corrected chi connectivity index (χ1v) is 5.00. The quantitative estimate of drug-likeness (QED) is 0.771. The summed E-state index contributed by atoms with van der Waals surface area (Å²) < 4.78 is 12.8. The third-order valence-electron chi connectivity index (χ3n) is 2.26. The molecule has 0 amide bonds. The highest BCUT2D eigenvalue weighted by molar-refractivity contribution is 5.49. The first-order valence-electron chi connectivity index (χ1n) is 5.00. The Kier molecular flexibility index (Phi) is 2.94. The van der Waals surface area contributed by atoms with Gasteiger partial charge in [-0.2, -0.15) is 0 Å². The van der Waals surface area contributed by atoms with E-state index in [1.165, 1.54) is 25.0 Å². The Morgan fingerprint density at radius 3 is 3.00 bits per heavy atom. The lowest BCUT2D eigenvalue weighted by Gasteiger charge is -1.96. The monoisotopic (exact) mass is 191 g/mol. The van der Waals surface area contributed by atoms with Gasteiger partial charge in [-0.3, -0.25) is 0 Å².